The van der Waals surface area contributed by atoms with Gasteiger partial charge in [0.05, 0.1) is 5.69 Å². The molecule has 0 unspecified atom stereocenters. The lowest BCUT2D eigenvalue weighted by atomic mass is 9.92. The molecule has 2 heterocycles. The first-order chi connectivity index (χ1) is 12.9. The van der Waals surface area contributed by atoms with E-state index >= 15 is 0 Å². The van der Waals surface area contributed by atoms with Gasteiger partial charge in [0.2, 0.25) is 5.91 Å². The van der Waals surface area contributed by atoms with E-state index < -0.39 is 12.1 Å². The van der Waals surface area contributed by atoms with Gasteiger partial charge in [0.25, 0.3) is 5.91 Å². The average molecular weight is 393 g/mol. The first-order valence-electron chi connectivity index (χ1n) is 9.30. The second-order valence-electron chi connectivity index (χ2n) is 7.29. The number of benzene rings is 1. The van der Waals surface area contributed by atoms with Gasteiger partial charge in [0.1, 0.15) is 6.04 Å². The molecule has 2 aliphatic rings. The first kappa shape index (κ1) is 19.6. The standard InChI is InChI=1S/C19H25ClN4O3/c1-12(21)13-3-2-10-23(11-13)17(25)9-8-16-18(26)24(19(27)22-16)15-6-4-14(20)5-7-15/h4-7,12-13,16H,2-3,8-11,21H2,1H3,(H,22,27)/t12-,13-,16-/m0/s1. The third-order valence-corrected chi connectivity index (χ3v) is 5.56. The number of rotatable bonds is 5. The van der Waals surface area contributed by atoms with Crippen LogP contribution in [0.5, 0.6) is 0 Å². The van der Waals surface area contributed by atoms with Crippen LogP contribution in [0, 0.1) is 5.92 Å². The number of hydrogen-bond acceptors (Lipinski definition) is 4. The molecular weight excluding hydrogens is 368 g/mol. The fraction of sp³-hybridized carbons (Fsp3) is 0.526. The van der Waals surface area contributed by atoms with Crippen LogP contribution in [-0.4, -0.2) is 47.9 Å². The molecule has 8 heteroatoms. The number of nitrogens with zero attached hydrogens (tertiary/aromatic N) is 2. The highest BCUT2D eigenvalue weighted by atomic mass is 35.5. The lowest BCUT2D eigenvalue weighted by Gasteiger charge is -2.34. The summed E-state index contributed by atoms with van der Waals surface area (Å²) < 4.78 is 0. The molecule has 0 bridgehead atoms. The normalized spacial score (nSPS) is 24.1. The maximum absolute atomic E-state index is 12.6. The van der Waals surface area contributed by atoms with Crippen molar-refractivity contribution in [2.75, 3.05) is 18.0 Å². The predicted molar refractivity (Wildman–Crippen MR) is 103 cm³/mol. The zero-order valence-corrected chi connectivity index (χ0v) is 16.1. The molecule has 0 aromatic heterocycles. The number of amides is 4. The van der Waals surface area contributed by atoms with Crippen LogP contribution in [0.2, 0.25) is 5.02 Å². The van der Waals surface area contributed by atoms with Crippen LogP contribution >= 0.6 is 11.6 Å². The Bertz CT molecular complexity index is 722. The number of anilines is 1. The zero-order valence-electron chi connectivity index (χ0n) is 15.4. The topological polar surface area (TPSA) is 95.7 Å². The Kier molecular flexibility index (Phi) is 6.01. The maximum Gasteiger partial charge on any atom is 0.329 e. The Hall–Kier alpha value is -2.12. The van der Waals surface area contributed by atoms with E-state index in [0.717, 1.165) is 24.3 Å². The highest BCUT2D eigenvalue weighted by Gasteiger charge is 2.39. The van der Waals surface area contributed by atoms with E-state index in [2.05, 4.69) is 5.32 Å². The quantitative estimate of drug-likeness (QED) is 0.750. The molecule has 0 radical (unpaired) electrons. The van der Waals surface area contributed by atoms with Gasteiger partial charge in [-0.2, -0.15) is 0 Å². The number of piperidine rings is 1. The summed E-state index contributed by atoms with van der Waals surface area (Å²) in [5.41, 5.74) is 6.44. The molecule has 7 nitrogen and oxygen atoms in total. The van der Waals surface area contributed by atoms with Crippen molar-refractivity contribution in [2.24, 2.45) is 11.7 Å². The van der Waals surface area contributed by atoms with Gasteiger partial charge in [-0.05, 0) is 56.4 Å². The van der Waals surface area contributed by atoms with Gasteiger partial charge < -0.3 is 16.0 Å². The summed E-state index contributed by atoms with van der Waals surface area (Å²) in [4.78, 5) is 40.3. The van der Waals surface area contributed by atoms with Crippen molar-refractivity contribution in [3.8, 4) is 0 Å². The van der Waals surface area contributed by atoms with Crippen molar-refractivity contribution in [3.05, 3.63) is 29.3 Å². The number of nitrogens with two attached hydrogens (primary N) is 1. The molecule has 2 aliphatic heterocycles. The monoisotopic (exact) mass is 392 g/mol. The fourth-order valence-electron chi connectivity index (χ4n) is 3.65. The first-order valence-corrected chi connectivity index (χ1v) is 9.68. The molecule has 2 saturated heterocycles. The maximum atomic E-state index is 12.6. The second kappa shape index (κ2) is 8.27. The molecule has 1 aromatic rings. The summed E-state index contributed by atoms with van der Waals surface area (Å²) in [5.74, 6) is -0.0227. The van der Waals surface area contributed by atoms with Gasteiger partial charge in [0, 0.05) is 30.6 Å². The van der Waals surface area contributed by atoms with Crippen LogP contribution in [0.25, 0.3) is 0 Å². The Morgan fingerprint density at radius 1 is 1.33 bits per heavy atom. The molecular formula is C19H25ClN4O3. The van der Waals surface area contributed by atoms with Crippen molar-refractivity contribution >= 4 is 35.1 Å². The molecule has 1 aromatic carbocycles. The van der Waals surface area contributed by atoms with Crippen molar-refractivity contribution in [1.82, 2.24) is 10.2 Å². The van der Waals surface area contributed by atoms with Crippen molar-refractivity contribution in [1.29, 1.82) is 0 Å². The van der Waals surface area contributed by atoms with Gasteiger partial charge in [-0.25, -0.2) is 9.69 Å². The highest BCUT2D eigenvalue weighted by molar-refractivity contribution is 6.30. The number of halogens is 1. The summed E-state index contributed by atoms with van der Waals surface area (Å²) in [5, 5.41) is 3.19. The van der Waals surface area contributed by atoms with Crippen molar-refractivity contribution < 1.29 is 14.4 Å². The lowest BCUT2D eigenvalue weighted by Crippen LogP contribution is -2.45. The Balaban J connectivity index is 1.57. The SMILES string of the molecule is C[C@H](N)[C@H]1CCCN(C(=O)CC[C@@H]2NC(=O)N(c3ccc(Cl)cc3)C2=O)C1. The molecule has 2 fully saturated rings. The number of likely N-dealkylation sites (tertiary alicyclic amines) is 1. The Morgan fingerprint density at radius 3 is 2.70 bits per heavy atom. The summed E-state index contributed by atoms with van der Waals surface area (Å²) in [6.45, 7) is 3.36. The number of nitrogens with one attached hydrogen (secondary N) is 1. The molecule has 4 amide bonds. The predicted octanol–water partition coefficient (Wildman–Crippen LogP) is 2.13. The minimum Gasteiger partial charge on any atom is -0.342 e. The van der Waals surface area contributed by atoms with E-state index in [-0.39, 0.29) is 30.7 Å². The van der Waals surface area contributed by atoms with E-state index in [4.69, 9.17) is 17.3 Å². The second-order valence-corrected chi connectivity index (χ2v) is 7.73. The molecule has 146 valence electrons. The largest absolute Gasteiger partial charge is 0.342 e. The molecule has 3 rings (SSSR count). The molecule has 27 heavy (non-hydrogen) atoms. The van der Waals surface area contributed by atoms with Crippen LogP contribution in [0.4, 0.5) is 10.5 Å². The van der Waals surface area contributed by atoms with E-state index in [9.17, 15) is 14.4 Å². The van der Waals surface area contributed by atoms with E-state index in [0.29, 0.717) is 23.2 Å². The molecule has 0 aliphatic carbocycles. The summed E-state index contributed by atoms with van der Waals surface area (Å²) >= 11 is 5.85. The average Bonchev–Trinajstić information content (AvgIpc) is 2.94. The summed E-state index contributed by atoms with van der Waals surface area (Å²) in [7, 11) is 0. The number of carbonyl (C=O) groups excluding carboxylic acids is 3. The zero-order chi connectivity index (χ0) is 19.6. The van der Waals surface area contributed by atoms with E-state index in [1.165, 1.54) is 0 Å². The molecule has 0 saturated carbocycles. The van der Waals surface area contributed by atoms with E-state index in [1.807, 2.05) is 11.8 Å². The number of imide groups is 1. The number of hydrogen-bond donors (Lipinski definition) is 2. The van der Waals surface area contributed by atoms with Crippen molar-refractivity contribution in [3.63, 3.8) is 0 Å². The third kappa shape index (κ3) is 4.42. The van der Waals surface area contributed by atoms with Gasteiger partial charge in [-0.1, -0.05) is 11.6 Å². The molecule has 3 atom stereocenters. The van der Waals surface area contributed by atoms with Crippen LogP contribution in [0.15, 0.2) is 24.3 Å². The van der Waals surface area contributed by atoms with Gasteiger partial charge >= 0.3 is 6.03 Å². The number of carbonyl (C=O) groups is 3. The van der Waals surface area contributed by atoms with Crippen LogP contribution in [-0.2, 0) is 9.59 Å². The van der Waals surface area contributed by atoms with Gasteiger partial charge in [0.15, 0.2) is 0 Å². The summed E-state index contributed by atoms with van der Waals surface area (Å²) in [6, 6.07) is 5.38. The lowest BCUT2D eigenvalue weighted by molar-refractivity contribution is -0.133. The van der Waals surface area contributed by atoms with Crippen LogP contribution < -0.4 is 16.0 Å². The fourth-order valence-corrected chi connectivity index (χ4v) is 3.78. The summed E-state index contributed by atoms with van der Waals surface area (Å²) in [6.07, 6.45) is 2.49. The van der Waals surface area contributed by atoms with Crippen molar-refractivity contribution in [2.45, 2.75) is 44.7 Å². The van der Waals surface area contributed by atoms with Crippen LogP contribution in [0.1, 0.15) is 32.6 Å². The minimum absolute atomic E-state index is 0.00680. The van der Waals surface area contributed by atoms with Gasteiger partial charge in [-0.15, -0.1) is 0 Å². The highest BCUT2D eigenvalue weighted by Crippen LogP contribution is 2.24. The number of urea groups is 1. The Morgan fingerprint density at radius 2 is 2.04 bits per heavy atom. The van der Waals surface area contributed by atoms with E-state index in [1.54, 1.807) is 24.3 Å². The smallest absolute Gasteiger partial charge is 0.329 e. The Labute approximate surface area is 163 Å². The third-order valence-electron chi connectivity index (χ3n) is 5.31. The van der Waals surface area contributed by atoms with Gasteiger partial charge in [-0.3, -0.25) is 9.59 Å². The molecule has 0 spiro atoms. The minimum atomic E-state index is -0.689. The molecule has 3 N–H and O–H groups in total. The van der Waals surface area contributed by atoms with Crippen LogP contribution in [0.3, 0.4) is 0 Å².